The van der Waals surface area contributed by atoms with Gasteiger partial charge in [-0.25, -0.2) is 0 Å². The fourth-order valence-corrected chi connectivity index (χ4v) is 4.52. The molecule has 0 aromatic rings. The second-order valence-electron chi connectivity index (χ2n) is 5.66. The molecule has 0 amide bonds. The molecule has 3 aliphatic carbocycles. The molecule has 0 aromatic carbocycles. The summed E-state index contributed by atoms with van der Waals surface area (Å²) in [5, 5.41) is 0. The maximum Gasteiger partial charge on any atom is -0.0295 e. The van der Waals surface area contributed by atoms with E-state index in [9.17, 15) is 0 Å². The van der Waals surface area contributed by atoms with Crippen LogP contribution in [0.1, 0.15) is 51.9 Å². The Kier molecular flexibility index (Phi) is 1.40. The molecule has 3 saturated carbocycles. The van der Waals surface area contributed by atoms with Gasteiger partial charge in [0.05, 0.1) is 0 Å². The molecule has 0 aliphatic heterocycles. The zero-order valence-corrected chi connectivity index (χ0v) is 8.18. The van der Waals surface area contributed by atoms with Gasteiger partial charge in [0, 0.05) is 0 Å². The van der Waals surface area contributed by atoms with Crippen LogP contribution in [0.15, 0.2) is 0 Å². The van der Waals surface area contributed by atoms with Crippen LogP contribution in [0.5, 0.6) is 0 Å². The fraction of sp³-hybridized carbons (Fsp3) is 1.00. The average Bonchev–Trinajstić information content (AvgIpc) is 2.29. The summed E-state index contributed by atoms with van der Waals surface area (Å²) in [5.74, 6) is 3.48. The predicted octanol–water partition coefficient (Wildman–Crippen LogP) is 3.61. The first kappa shape index (κ1) is 7.41. The van der Waals surface area contributed by atoms with Crippen molar-refractivity contribution in [3.05, 3.63) is 0 Å². The molecule has 0 nitrogen and oxygen atoms in total. The minimum atomic E-state index is 0.834. The van der Waals surface area contributed by atoms with Gasteiger partial charge in [0.25, 0.3) is 0 Å². The average molecular weight is 164 g/mol. The van der Waals surface area contributed by atoms with Gasteiger partial charge >= 0.3 is 0 Å². The maximum absolute atomic E-state index is 2.42. The van der Waals surface area contributed by atoms with Crippen molar-refractivity contribution in [2.75, 3.05) is 0 Å². The minimum absolute atomic E-state index is 0.834. The molecule has 0 N–H and O–H groups in total. The van der Waals surface area contributed by atoms with Crippen molar-refractivity contribution < 1.29 is 0 Å². The first-order chi connectivity index (χ1) is 5.81. The molecular formula is C12H20. The third kappa shape index (κ3) is 0.843. The van der Waals surface area contributed by atoms with Gasteiger partial charge < -0.3 is 0 Å². The molecule has 3 aliphatic rings. The van der Waals surface area contributed by atoms with Gasteiger partial charge in [-0.1, -0.05) is 13.3 Å². The number of hydrogen-bond donors (Lipinski definition) is 0. The van der Waals surface area contributed by atoms with Crippen molar-refractivity contribution in [1.82, 2.24) is 0 Å². The topological polar surface area (TPSA) is 0 Å². The van der Waals surface area contributed by atoms with E-state index >= 15 is 0 Å². The van der Waals surface area contributed by atoms with Crippen LogP contribution < -0.4 is 0 Å². The van der Waals surface area contributed by atoms with Gasteiger partial charge in [-0.3, -0.25) is 0 Å². The third-order valence-corrected chi connectivity index (χ3v) is 5.15. The molecule has 3 bridgehead atoms. The van der Waals surface area contributed by atoms with Crippen molar-refractivity contribution in [2.45, 2.75) is 51.9 Å². The zero-order chi connectivity index (χ0) is 8.18. The predicted molar refractivity (Wildman–Crippen MR) is 50.9 cm³/mol. The molecule has 0 heterocycles. The molecule has 68 valence electrons. The standard InChI is InChI=1S/C12H20/c1-2-12-4-3-10-5-9(7-12)6-11(10)8-12/h9-11H,2-8H2,1H3. The molecule has 0 spiro atoms. The highest BCUT2D eigenvalue weighted by Crippen LogP contribution is 2.61. The lowest BCUT2D eigenvalue weighted by Gasteiger charge is -2.44. The maximum atomic E-state index is 2.42. The van der Waals surface area contributed by atoms with Crippen molar-refractivity contribution in [3.63, 3.8) is 0 Å². The first-order valence-electron chi connectivity index (χ1n) is 5.81. The lowest BCUT2D eigenvalue weighted by atomic mass is 9.61. The first-order valence-corrected chi connectivity index (χ1v) is 5.81. The Balaban J connectivity index is 1.93. The summed E-state index contributed by atoms with van der Waals surface area (Å²) < 4.78 is 0. The van der Waals surface area contributed by atoms with Crippen molar-refractivity contribution in [2.24, 2.45) is 23.2 Å². The molecule has 4 atom stereocenters. The summed E-state index contributed by atoms with van der Waals surface area (Å²) in [6, 6.07) is 0. The summed E-state index contributed by atoms with van der Waals surface area (Å²) in [7, 11) is 0. The molecule has 0 aromatic heterocycles. The van der Waals surface area contributed by atoms with E-state index in [4.69, 9.17) is 0 Å². The third-order valence-electron chi connectivity index (χ3n) is 5.15. The molecule has 4 unspecified atom stereocenters. The summed E-state index contributed by atoms with van der Waals surface area (Å²) in [6.07, 6.45) is 11.0. The summed E-state index contributed by atoms with van der Waals surface area (Å²) in [5.41, 5.74) is 0.834. The van der Waals surface area contributed by atoms with E-state index in [0.717, 1.165) is 23.2 Å². The van der Waals surface area contributed by atoms with E-state index < -0.39 is 0 Å². The Morgan fingerprint density at radius 2 is 2.00 bits per heavy atom. The number of rotatable bonds is 1. The van der Waals surface area contributed by atoms with Gasteiger partial charge in [0.2, 0.25) is 0 Å². The van der Waals surface area contributed by atoms with Crippen molar-refractivity contribution in [3.8, 4) is 0 Å². The van der Waals surface area contributed by atoms with E-state index in [1.165, 1.54) is 6.42 Å². The summed E-state index contributed by atoms with van der Waals surface area (Å²) in [6.45, 7) is 2.42. The second-order valence-corrected chi connectivity index (χ2v) is 5.66. The largest absolute Gasteiger partial charge is 0.0649 e. The van der Waals surface area contributed by atoms with E-state index in [1.807, 2.05) is 0 Å². The summed E-state index contributed by atoms with van der Waals surface area (Å²) in [4.78, 5) is 0. The lowest BCUT2D eigenvalue weighted by molar-refractivity contribution is 0.0655. The van der Waals surface area contributed by atoms with Gasteiger partial charge in [-0.05, 0) is 61.7 Å². The molecule has 0 saturated heterocycles. The van der Waals surface area contributed by atoms with Crippen LogP contribution in [-0.2, 0) is 0 Å². The normalized spacial score (nSPS) is 56.2. The molecule has 0 heteroatoms. The Morgan fingerprint density at radius 3 is 2.83 bits per heavy atom. The van der Waals surface area contributed by atoms with Crippen LogP contribution in [0.4, 0.5) is 0 Å². The van der Waals surface area contributed by atoms with Crippen LogP contribution in [0, 0.1) is 23.2 Å². The van der Waals surface area contributed by atoms with E-state index in [2.05, 4.69) is 6.92 Å². The van der Waals surface area contributed by atoms with Gasteiger partial charge in [0.15, 0.2) is 0 Å². The van der Waals surface area contributed by atoms with Gasteiger partial charge in [-0.15, -0.1) is 0 Å². The fourth-order valence-electron chi connectivity index (χ4n) is 4.52. The highest BCUT2D eigenvalue weighted by atomic mass is 14.6. The lowest BCUT2D eigenvalue weighted by Crippen LogP contribution is -2.33. The van der Waals surface area contributed by atoms with Crippen LogP contribution in [0.2, 0.25) is 0 Å². The van der Waals surface area contributed by atoms with Crippen LogP contribution in [0.3, 0.4) is 0 Å². The van der Waals surface area contributed by atoms with Crippen molar-refractivity contribution >= 4 is 0 Å². The van der Waals surface area contributed by atoms with Crippen LogP contribution in [0.25, 0.3) is 0 Å². The number of hydrogen-bond acceptors (Lipinski definition) is 0. The van der Waals surface area contributed by atoms with Crippen molar-refractivity contribution in [1.29, 1.82) is 0 Å². The van der Waals surface area contributed by atoms with Gasteiger partial charge in [0.1, 0.15) is 0 Å². The van der Waals surface area contributed by atoms with Gasteiger partial charge in [-0.2, -0.15) is 0 Å². The Hall–Kier alpha value is 0. The Morgan fingerprint density at radius 1 is 1.17 bits per heavy atom. The van der Waals surface area contributed by atoms with Crippen LogP contribution >= 0.6 is 0 Å². The smallest absolute Gasteiger partial charge is 0.0295 e. The monoisotopic (exact) mass is 164 g/mol. The number of fused-ring (bicyclic) bond motifs is 2. The Bertz CT molecular complexity index is 192. The summed E-state index contributed by atoms with van der Waals surface area (Å²) >= 11 is 0. The minimum Gasteiger partial charge on any atom is -0.0649 e. The highest BCUT2D eigenvalue weighted by molar-refractivity contribution is 5.01. The van der Waals surface area contributed by atoms with E-state index in [-0.39, 0.29) is 0 Å². The Labute approximate surface area is 75.7 Å². The second kappa shape index (κ2) is 2.27. The molecule has 3 fully saturated rings. The molecule has 0 radical (unpaired) electrons. The molecule has 3 rings (SSSR count). The molecule has 12 heavy (non-hydrogen) atoms. The van der Waals surface area contributed by atoms with E-state index in [0.29, 0.717) is 0 Å². The zero-order valence-electron chi connectivity index (χ0n) is 8.18. The highest BCUT2D eigenvalue weighted by Gasteiger charge is 2.50. The van der Waals surface area contributed by atoms with E-state index in [1.54, 1.807) is 38.5 Å². The molecular weight excluding hydrogens is 144 g/mol. The SMILES string of the molecule is CCC12CCC3CC(CC3C1)C2. The quantitative estimate of drug-likeness (QED) is 0.555. The van der Waals surface area contributed by atoms with Crippen LogP contribution in [-0.4, -0.2) is 0 Å².